The largest absolute Gasteiger partial charge is 0.481 e. The number of nitrogens with one attached hydrogen (secondary N) is 1. The van der Waals surface area contributed by atoms with Crippen LogP contribution in [0.2, 0.25) is 0 Å². The van der Waals surface area contributed by atoms with Gasteiger partial charge in [0.15, 0.2) is 0 Å². The number of carboxylic acid groups (broad SMARTS) is 1. The van der Waals surface area contributed by atoms with Crippen molar-refractivity contribution >= 4 is 11.9 Å². The van der Waals surface area contributed by atoms with Crippen molar-refractivity contribution < 1.29 is 14.7 Å². The summed E-state index contributed by atoms with van der Waals surface area (Å²) >= 11 is 0. The second kappa shape index (κ2) is 7.65. The number of hydrogen-bond donors (Lipinski definition) is 2. The lowest BCUT2D eigenvalue weighted by atomic mass is 9.79. The molecule has 116 valence electrons. The first-order valence-corrected chi connectivity index (χ1v) is 7.84. The van der Waals surface area contributed by atoms with Gasteiger partial charge >= 0.3 is 5.97 Å². The Morgan fingerprint density at radius 1 is 1.10 bits per heavy atom. The molecule has 0 saturated heterocycles. The summed E-state index contributed by atoms with van der Waals surface area (Å²) in [5.41, 5.74) is -0.298. The highest BCUT2D eigenvalue weighted by Crippen LogP contribution is 2.44. The van der Waals surface area contributed by atoms with Crippen LogP contribution in [0, 0.1) is 11.3 Å². The highest BCUT2D eigenvalue weighted by molar-refractivity contribution is 5.78. The minimum absolute atomic E-state index is 0.0180. The van der Waals surface area contributed by atoms with Crippen LogP contribution in [0.3, 0.4) is 0 Å². The van der Waals surface area contributed by atoms with Gasteiger partial charge in [-0.25, -0.2) is 0 Å². The fourth-order valence-corrected chi connectivity index (χ4v) is 3.18. The SMILES string of the molecule is CC(C)CCC(C)NC(=O)CC1(CC(=O)O)CCCC1. The van der Waals surface area contributed by atoms with E-state index in [-0.39, 0.29) is 23.8 Å². The second-order valence-electron chi connectivity index (χ2n) is 6.89. The van der Waals surface area contributed by atoms with E-state index in [1.807, 2.05) is 6.92 Å². The zero-order valence-electron chi connectivity index (χ0n) is 13.1. The van der Waals surface area contributed by atoms with E-state index in [1.54, 1.807) is 0 Å². The van der Waals surface area contributed by atoms with E-state index in [1.165, 1.54) is 0 Å². The van der Waals surface area contributed by atoms with Crippen LogP contribution in [-0.4, -0.2) is 23.0 Å². The molecule has 1 saturated carbocycles. The van der Waals surface area contributed by atoms with Crippen molar-refractivity contribution in [3.8, 4) is 0 Å². The minimum atomic E-state index is -0.785. The Labute approximate surface area is 122 Å². The number of hydrogen-bond acceptors (Lipinski definition) is 2. The van der Waals surface area contributed by atoms with E-state index >= 15 is 0 Å². The van der Waals surface area contributed by atoms with Crippen molar-refractivity contribution in [3.63, 3.8) is 0 Å². The number of carbonyl (C=O) groups excluding carboxylic acids is 1. The molecule has 0 aliphatic heterocycles. The van der Waals surface area contributed by atoms with Gasteiger partial charge in [-0.2, -0.15) is 0 Å². The summed E-state index contributed by atoms with van der Waals surface area (Å²) in [7, 11) is 0. The molecular formula is C16H29NO3. The third-order valence-electron chi connectivity index (χ3n) is 4.31. The Balaban J connectivity index is 2.44. The first kappa shape index (κ1) is 17.0. The molecule has 2 N–H and O–H groups in total. The molecule has 0 radical (unpaired) electrons. The van der Waals surface area contributed by atoms with Crippen LogP contribution in [0.4, 0.5) is 0 Å². The van der Waals surface area contributed by atoms with Crippen molar-refractivity contribution in [1.82, 2.24) is 5.32 Å². The predicted molar refractivity (Wildman–Crippen MR) is 79.4 cm³/mol. The summed E-state index contributed by atoms with van der Waals surface area (Å²) < 4.78 is 0. The molecule has 1 aliphatic carbocycles. The van der Waals surface area contributed by atoms with Gasteiger partial charge in [0.25, 0.3) is 0 Å². The topological polar surface area (TPSA) is 66.4 Å². The molecule has 1 amide bonds. The van der Waals surface area contributed by atoms with Gasteiger partial charge in [0.1, 0.15) is 0 Å². The standard InChI is InChI=1S/C16H29NO3/c1-12(2)6-7-13(3)17-14(18)10-16(11-15(19)20)8-4-5-9-16/h12-13H,4-11H2,1-3H3,(H,17,18)(H,19,20). The van der Waals surface area contributed by atoms with Gasteiger partial charge in [-0.05, 0) is 43.9 Å². The number of carboxylic acids is 1. The molecule has 0 aromatic carbocycles. The zero-order chi connectivity index (χ0) is 15.2. The molecule has 1 rings (SSSR count). The Morgan fingerprint density at radius 2 is 1.70 bits per heavy atom. The summed E-state index contributed by atoms with van der Waals surface area (Å²) in [6.45, 7) is 6.38. The van der Waals surface area contributed by atoms with Crippen molar-refractivity contribution in [1.29, 1.82) is 0 Å². The van der Waals surface area contributed by atoms with Crippen molar-refractivity contribution in [2.24, 2.45) is 11.3 Å². The van der Waals surface area contributed by atoms with E-state index in [2.05, 4.69) is 19.2 Å². The molecule has 0 heterocycles. The Bertz CT molecular complexity index is 333. The fraction of sp³-hybridized carbons (Fsp3) is 0.875. The van der Waals surface area contributed by atoms with Crippen LogP contribution < -0.4 is 5.32 Å². The van der Waals surface area contributed by atoms with E-state index in [0.29, 0.717) is 12.3 Å². The number of aliphatic carboxylic acids is 1. The summed E-state index contributed by atoms with van der Waals surface area (Å²) in [6.07, 6.45) is 6.40. The normalized spacial score (nSPS) is 19.0. The third-order valence-corrected chi connectivity index (χ3v) is 4.31. The van der Waals surface area contributed by atoms with Crippen LogP contribution >= 0.6 is 0 Å². The molecule has 20 heavy (non-hydrogen) atoms. The summed E-state index contributed by atoms with van der Waals surface area (Å²) in [6, 6.07) is 0.174. The third kappa shape index (κ3) is 5.93. The molecular weight excluding hydrogens is 254 g/mol. The lowest BCUT2D eigenvalue weighted by molar-refractivity contribution is -0.140. The summed E-state index contributed by atoms with van der Waals surface area (Å²) in [5.74, 6) is -0.125. The maximum atomic E-state index is 12.1. The van der Waals surface area contributed by atoms with Crippen LogP contribution in [0.5, 0.6) is 0 Å². The highest BCUT2D eigenvalue weighted by atomic mass is 16.4. The van der Waals surface area contributed by atoms with Crippen molar-refractivity contribution in [2.75, 3.05) is 0 Å². The predicted octanol–water partition coefficient (Wildman–Crippen LogP) is 3.35. The molecule has 4 nitrogen and oxygen atoms in total. The van der Waals surface area contributed by atoms with Crippen LogP contribution in [0.15, 0.2) is 0 Å². The summed E-state index contributed by atoms with van der Waals surface area (Å²) in [5, 5.41) is 12.1. The molecule has 1 unspecified atom stereocenters. The summed E-state index contributed by atoms with van der Waals surface area (Å²) in [4.78, 5) is 23.1. The van der Waals surface area contributed by atoms with Crippen molar-refractivity contribution in [3.05, 3.63) is 0 Å². The molecule has 0 aromatic heterocycles. The van der Waals surface area contributed by atoms with E-state index in [9.17, 15) is 9.59 Å². The van der Waals surface area contributed by atoms with Gasteiger partial charge in [0.2, 0.25) is 5.91 Å². The highest BCUT2D eigenvalue weighted by Gasteiger charge is 2.38. The first-order chi connectivity index (χ1) is 9.33. The van der Waals surface area contributed by atoms with Gasteiger partial charge in [0, 0.05) is 12.5 Å². The lowest BCUT2D eigenvalue weighted by Crippen LogP contribution is -2.37. The number of rotatable bonds is 8. The molecule has 0 aromatic rings. The Hall–Kier alpha value is -1.06. The Kier molecular flexibility index (Phi) is 6.50. The van der Waals surface area contributed by atoms with Crippen LogP contribution in [0.25, 0.3) is 0 Å². The molecule has 1 aliphatic rings. The fourth-order valence-electron chi connectivity index (χ4n) is 3.18. The monoisotopic (exact) mass is 283 g/mol. The maximum Gasteiger partial charge on any atom is 0.303 e. The van der Waals surface area contributed by atoms with Gasteiger partial charge in [-0.3, -0.25) is 9.59 Å². The maximum absolute atomic E-state index is 12.1. The van der Waals surface area contributed by atoms with E-state index in [4.69, 9.17) is 5.11 Å². The van der Waals surface area contributed by atoms with Gasteiger partial charge in [-0.15, -0.1) is 0 Å². The first-order valence-electron chi connectivity index (χ1n) is 7.84. The molecule has 0 spiro atoms. The minimum Gasteiger partial charge on any atom is -0.481 e. The van der Waals surface area contributed by atoms with E-state index in [0.717, 1.165) is 38.5 Å². The van der Waals surface area contributed by atoms with Crippen LogP contribution in [0.1, 0.15) is 72.1 Å². The van der Waals surface area contributed by atoms with Gasteiger partial charge in [0.05, 0.1) is 6.42 Å². The average molecular weight is 283 g/mol. The molecule has 1 fully saturated rings. The van der Waals surface area contributed by atoms with Crippen LogP contribution in [-0.2, 0) is 9.59 Å². The molecule has 1 atom stereocenters. The second-order valence-corrected chi connectivity index (χ2v) is 6.89. The van der Waals surface area contributed by atoms with Crippen molar-refractivity contribution in [2.45, 2.75) is 78.2 Å². The number of amides is 1. The number of carbonyl (C=O) groups is 2. The lowest BCUT2D eigenvalue weighted by Gasteiger charge is -2.27. The molecule has 0 bridgehead atoms. The average Bonchev–Trinajstić information content (AvgIpc) is 2.73. The van der Waals surface area contributed by atoms with Gasteiger partial charge < -0.3 is 10.4 Å². The zero-order valence-corrected chi connectivity index (χ0v) is 13.1. The molecule has 4 heteroatoms. The van der Waals surface area contributed by atoms with Gasteiger partial charge in [-0.1, -0.05) is 26.7 Å². The van der Waals surface area contributed by atoms with E-state index < -0.39 is 5.97 Å². The quantitative estimate of drug-likeness (QED) is 0.718. The Morgan fingerprint density at radius 3 is 2.20 bits per heavy atom. The smallest absolute Gasteiger partial charge is 0.303 e.